The van der Waals surface area contributed by atoms with Crippen molar-refractivity contribution >= 4 is 24.0 Å². The molecule has 7 heteroatoms. The molecule has 1 aromatic carbocycles. The third-order valence-electron chi connectivity index (χ3n) is 6.34. The molecule has 4 aliphatic rings. The maximum absolute atomic E-state index is 12.8. The summed E-state index contributed by atoms with van der Waals surface area (Å²) < 4.78 is 10.8. The number of furan rings is 1. The molecule has 2 amide bonds. The zero-order valence-corrected chi connectivity index (χ0v) is 17.1. The second-order valence-electron chi connectivity index (χ2n) is 8.07. The molecule has 1 aromatic heterocycles. The highest BCUT2D eigenvalue weighted by Gasteiger charge is 2.56. The van der Waals surface area contributed by atoms with Crippen LogP contribution in [0.25, 0.3) is 11.3 Å². The lowest BCUT2D eigenvalue weighted by Gasteiger charge is -2.37. The quantitative estimate of drug-likeness (QED) is 0.320. The first-order valence-corrected chi connectivity index (χ1v) is 10.5. The molecular formula is C24H22N2O5. The number of amides is 2. The Morgan fingerprint density at radius 1 is 1.06 bits per heavy atom. The Labute approximate surface area is 179 Å². The highest BCUT2D eigenvalue weighted by atomic mass is 16.5. The summed E-state index contributed by atoms with van der Waals surface area (Å²) in [6.07, 6.45) is 7.48. The molecule has 2 heterocycles. The number of ether oxygens (including phenoxy) is 1. The van der Waals surface area contributed by atoms with Crippen LogP contribution in [0.15, 0.2) is 58.1 Å². The maximum Gasteiger partial charge on any atom is 0.338 e. The van der Waals surface area contributed by atoms with Gasteiger partial charge in [0.25, 0.3) is 11.8 Å². The standard InChI is InChI=1S/C24H22N2O5/c1-2-30-24(29)17-9-3-14(4-10-17)19-12-11-18(31-19)13-25-26-22(27)20-15-5-6-16(8-7-15)21(20)23(26)28/h3-6,9-13,15-16,20-21H,2,7-8H2,1H3/b25-13+. The molecule has 3 aliphatic carbocycles. The Kier molecular flexibility index (Phi) is 4.81. The van der Waals surface area contributed by atoms with Crippen molar-refractivity contribution in [2.75, 3.05) is 6.61 Å². The summed E-state index contributed by atoms with van der Waals surface area (Å²) in [5, 5.41) is 5.19. The smallest absolute Gasteiger partial charge is 0.338 e. The van der Waals surface area contributed by atoms with E-state index in [0.717, 1.165) is 23.4 Å². The van der Waals surface area contributed by atoms with E-state index in [9.17, 15) is 14.4 Å². The van der Waals surface area contributed by atoms with Crippen molar-refractivity contribution in [3.8, 4) is 11.3 Å². The number of carbonyl (C=O) groups is 3. The zero-order chi connectivity index (χ0) is 21.5. The summed E-state index contributed by atoms with van der Waals surface area (Å²) in [7, 11) is 0. The minimum absolute atomic E-state index is 0.138. The number of esters is 1. The number of benzene rings is 1. The van der Waals surface area contributed by atoms with Crippen molar-refractivity contribution < 1.29 is 23.5 Å². The third-order valence-corrected chi connectivity index (χ3v) is 6.34. The van der Waals surface area contributed by atoms with Crippen LogP contribution in [0.3, 0.4) is 0 Å². The molecule has 1 aliphatic heterocycles. The summed E-state index contributed by atoms with van der Waals surface area (Å²) >= 11 is 0. The average molecular weight is 418 g/mol. The van der Waals surface area contributed by atoms with Crippen molar-refractivity contribution in [1.82, 2.24) is 5.01 Å². The normalized spacial score (nSPS) is 26.7. The molecular weight excluding hydrogens is 396 g/mol. The molecule has 0 spiro atoms. The molecule has 31 heavy (non-hydrogen) atoms. The highest BCUT2D eigenvalue weighted by Crippen LogP contribution is 2.49. The fourth-order valence-electron chi connectivity index (χ4n) is 4.85. The second-order valence-corrected chi connectivity index (χ2v) is 8.07. The van der Waals surface area contributed by atoms with E-state index in [1.54, 1.807) is 43.3 Å². The molecule has 2 aromatic rings. The van der Waals surface area contributed by atoms with Crippen molar-refractivity contribution in [3.05, 3.63) is 59.9 Å². The van der Waals surface area contributed by atoms with Gasteiger partial charge in [0.2, 0.25) is 0 Å². The van der Waals surface area contributed by atoms with Gasteiger partial charge in [-0.15, -0.1) is 0 Å². The zero-order valence-electron chi connectivity index (χ0n) is 17.1. The molecule has 2 fully saturated rings. The van der Waals surface area contributed by atoms with Crippen LogP contribution >= 0.6 is 0 Å². The summed E-state index contributed by atoms with van der Waals surface area (Å²) in [4.78, 5) is 37.4. The van der Waals surface area contributed by atoms with Crippen molar-refractivity contribution in [2.24, 2.45) is 28.8 Å². The predicted octanol–water partition coefficient (Wildman–Crippen LogP) is 3.65. The average Bonchev–Trinajstić information content (AvgIpc) is 3.38. The van der Waals surface area contributed by atoms with E-state index >= 15 is 0 Å². The van der Waals surface area contributed by atoms with E-state index in [1.165, 1.54) is 6.21 Å². The molecule has 7 nitrogen and oxygen atoms in total. The van der Waals surface area contributed by atoms with Gasteiger partial charge in [0.1, 0.15) is 11.5 Å². The molecule has 4 unspecified atom stereocenters. The van der Waals surface area contributed by atoms with Crippen molar-refractivity contribution in [1.29, 1.82) is 0 Å². The Balaban J connectivity index is 1.30. The Hall–Kier alpha value is -3.48. The van der Waals surface area contributed by atoms with Crippen LogP contribution in [-0.2, 0) is 14.3 Å². The van der Waals surface area contributed by atoms with Crippen molar-refractivity contribution in [2.45, 2.75) is 19.8 Å². The van der Waals surface area contributed by atoms with Gasteiger partial charge in [0, 0.05) is 5.56 Å². The molecule has 1 saturated carbocycles. The van der Waals surface area contributed by atoms with Crippen molar-refractivity contribution in [3.63, 3.8) is 0 Å². The van der Waals surface area contributed by atoms with Gasteiger partial charge >= 0.3 is 5.97 Å². The van der Waals surface area contributed by atoms with Gasteiger partial charge in [0.05, 0.1) is 30.2 Å². The maximum atomic E-state index is 12.8. The van der Waals surface area contributed by atoms with Crippen LogP contribution in [0.1, 0.15) is 35.9 Å². The lowest BCUT2D eigenvalue weighted by atomic mass is 9.63. The van der Waals surface area contributed by atoms with Gasteiger partial charge in [-0.2, -0.15) is 10.1 Å². The number of carbonyl (C=O) groups excluding carboxylic acids is 3. The fraction of sp³-hybridized carbons (Fsp3) is 0.333. The first-order chi connectivity index (χ1) is 15.1. The van der Waals surface area contributed by atoms with E-state index in [1.807, 2.05) is 0 Å². The van der Waals surface area contributed by atoms with E-state index in [4.69, 9.17) is 9.15 Å². The molecule has 2 bridgehead atoms. The first kappa shape index (κ1) is 19.5. The van der Waals surface area contributed by atoms with E-state index in [2.05, 4.69) is 17.3 Å². The third kappa shape index (κ3) is 3.30. The van der Waals surface area contributed by atoms with Crippen LogP contribution < -0.4 is 0 Å². The molecule has 0 N–H and O–H groups in total. The minimum atomic E-state index is -0.370. The fourth-order valence-corrected chi connectivity index (χ4v) is 4.85. The molecule has 6 rings (SSSR count). The number of imide groups is 1. The predicted molar refractivity (Wildman–Crippen MR) is 112 cm³/mol. The number of rotatable bonds is 5. The van der Waals surface area contributed by atoms with Crippen LogP contribution in [-0.4, -0.2) is 35.6 Å². The van der Waals surface area contributed by atoms with Gasteiger partial charge in [-0.1, -0.05) is 24.3 Å². The van der Waals surface area contributed by atoms with E-state index in [0.29, 0.717) is 23.7 Å². The van der Waals surface area contributed by atoms with E-state index in [-0.39, 0.29) is 41.5 Å². The van der Waals surface area contributed by atoms with Gasteiger partial charge in [0.15, 0.2) is 0 Å². The second kappa shape index (κ2) is 7.65. The van der Waals surface area contributed by atoms with Gasteiger partial charge < -0.3 is 9.15 Å². The number of allylic oxidation sites excluding steroid dienone is 2. The number of hydrogen-bond donors (Lipinski definition) is 0. The number of fused-ring (bicyclic) bond motifs is 1. The summed E-state index contributed by atoms with van der Waals surface area (Å²) in [5.74, 6) is -0.0625. The van der Waals surface area contributed by atoms with Gasteiger partial charge in [-0.05, 0) is 55.9 Å². The SMILES string of the molecule is CCOC(=O)c1ccc(-c2ccc(/C=N/N3C(=O)C4C5C=CC(CC5)C4C3=O)o2)cc1. The number of hydrazone groups is 1. The largest absolute Gasteiger partial charge is 0.462 e. The molecule has 158 valence electrons. The monoisotopic (exact) mass is 418 g/mol. The van der Waals surface area contributed by atoms with Crippen LogP contribution in [0.5, 0.6) is 0 Å². The molecule has 0 radical (unpaired) electrons. The van der Waals surface area contributed by atoms with Gasteiger partial charge in [-0.3, -0.25) is 9.59 Å². The molecule has 1 saturated heterocycles. The lowest BCUT2D eigenvalue weighted by molar-refractivity contribution is -0.140. The summed E-state index contributed by atoms with van der Waals surface area (Å²) in [6.45, 7) is 2.08. The number of hydrogen-bond acceptors (Lipinski definition) is 6. The topological polar surface area (TPSA) is 89.2 Å². The molecule has 4 atom stereocenters. The first-order valence-electron chi connectivity index (χ1n) is 10.5. The lowest BCUT2D eigenvalue weighted by Crippen LogP contribution is -2.38. The minimum Gasteiger partial charge on any atom is -0.462 e. The van der Waals surface area contributed by atoms with Gasteiger partial charge in [-0.25, -0.2) is 4.79 Å². The Bertz CT molecular complexity index is 1070. The highest BCUT2D eigenvalue weighted by molar-refractivity contribution is 6.06. The van der Waals surface area contributed by atoms with Crippen LogP contribution in [0, 0.1) is 23.7 Å². The summed E-state index contributed by atoms with van der Waals surface area (Å²) in [5.41, 5.74) is 1.25. The Morgan fingerprint density at radius 3 is 2.29 bits per heavy atom. The Morgan fingerprint density at radius 2 is 1.71 bits per heavy atom. The van der Waals surface area contributed by atoms with Crippen LogP contribution in [0.2, 0.25) is 0 Å². The summed E-state index contributed by atoms with van der Waals surface area (Å²) in [6, 6.07) is 10.4. The number of nitrogens with zero attached hydrogens (tertiary/aromatic N) is 2. The van der Waals surface area contributed by atoms with E-state index < -0.39 is 0 Å². The van der Waals surface area contributed by atoms with Crippen LogP contribution in [0.4, 0.5) is 0 Å².